The normalized spacial score (nSPS) is 18.3. The van der Waals surface area contributed by atoms with Gasteiger partial charge in [0.2, 0.25) is 0 Å². The van der Waals surface area contributed by atoms with Crippen molar-refractivity contribution < 1.29 is 14.5 Å². The van der Waals surface area contributed by atoms with E-state index in [0.29, 0.717) is 6.29 Å². The van der Waals surface area contributed by atoms with Gasteiger partial charge >= 0.3 is 5.69 Å². The number of benzene rings is 1. The maximum Gasteiger partial charge on any atom is 0.311 e. The van der Waals surface area contributed by atoms with E-state index in [-0.39, 0.29) is 23.1 Å². The maximum atomic E-state index is 10.9. The van der Waals surface area contributed by atoms with Gasteiger partial charge in [-0.1, -0.05) is 6.08 Å². The van der Waals surface area contributed by atoms with E-state index < -0.39 is 4.92 Å². The third kappa shape index (κ3) is 2.74. The molecule has 0 fully saturated rings. The molecule has 94 valence electrons. The van der Waals surface area contributed by atoms with Crippen molar-refractivity contribution in [1.29, 1.82) is 0 Å². The summed E-state index contributed by atoms with van der Waals surface area (Å²) >= 11 is 0. The molecule has 0 spiro atoms. The van der Waals surface area contributed by atoms with Crippen LogP contribution in [-0.4, -0.2) is 17.3 Å². The summed E-state index contributed by atoms with van der Waals surface area (Å²) in [5.74, 6) is 0.210. The number of hydrogen-bond donors (Lipinski definition) is 0. The Morgan fingerprint density at radius 1 is 1.44 bits per heavy atom. The number of nitro groups is 1. The smallest absolute Gasteiger partial charge is 0.311 e. The second kappa shape index (κ2) is 5.44. The van der Waals surface area contributed by atoms with Gasteiger partial charge in [0.05, 0.1) is 4.92 Å². The lowest BCUT2D eigenvalue weighted by Gasteiger charge is -2.18. The van der Waals surface area contributed by atoms with Crippen LogP contribution < -0.4 is 4.74 Å². The predicted molar refractivity (Wildman–Crippen MR) is 65.9 cm³/mol. The van der Waals surface area contributed by atoms with Gasteiger partial charge in [-0.05, 0) is 37.5 Å². The molecular weight excluding hydrogens is 234 g/mol. The number of rotatable bonds is 4. The summed E-state index contributed by atoms with van der Waals surface area (Å²) in [5.41, 5.74) is 0.104. The molecule has 18 heavy (non-hydrogen) atoms. The first-order valence-corrected chi connectivity index (χ1v) is 5.77. The average molecular weight is 247 g/mol. The Bertz CT molecular complexity index is 496. The van der Waals surface area contributed by atoms with Crippen molar-refractivity contribution in [2.75, 3.05) is 0 Å². The van der Waals surface area contributed by atoms with Gasteiger partial charge in [0.15, 0.2) is 5.75 Å². The van der Waals surface area contributed by atoms with Crippen LogP contribution >= 0.6 is 0 Å². The number of carbonyl (C=O) groups excluding carboxylic acids is 1. The van der Waals surface area contributed by atoms with Crippen molar-refractivity contribution in [2.45, 2.75) is 25.4 Å². The number of allylic oxidation sites excluding steroid dienone is 1. The minimum atomic E-state index is -0.533. The van der Waals surface area contributed by atoms with Gasteiger partial charge in [0.25, 0.3) is 0 Å². The van der Waals surface area contributed by atoms with Crippen molar-refractivity contribution >= 4 is 12.0 Å². The first-order valence-electron chi connectivity index (χ1n) is 5.77. The monoisotopic (exact) mass is 247 g/mol. The van der Waals surface area contributed by atoms with Crippen molar-refractivity contribution in [2.24, 2.45) is 0 Å². The van der Waals surface area contributed by atoms with Crippen LogP contribution in [0.2, 0.25) is 0 Å². The summed E-state index contributed by atoms with van der Waals surface area (Å²) in [7, 11) is 0. The second-order valence-corrected chi connectivity index (χ2v) is 4.12. The van der Waals surface area contributed by atoms with E-state index in [1.54, 1.807) is 0 Å². The Kier molecular flexibility index (Phi) is 3.72. The van der Waals surface area contributed by atoms with Crippen molar-refractivity contribution in [3.63, 3.8) is 0 Å². The largest absolute Gasteiger partial charge is 0.479 e. The fourth-order valence-corrected chi connectivity index (χ4v) is 1.89. The standard InChI is InChI=1S/C13H13NO4/c15-9-10-6-7-13(12(8-10)14(16)17)18-11-4-2-1-3-5-11/h2,4,6-9,11H,1,3,5H2. The molecule has 1 aromatic carbocycles. The molecule has 0 aromatic heterocycles. The number of hydrogen-bond acceptors (Lipinski definition) is 4. The van der Waals surface area contributed by atoms with E-state index in [9.17, 15) is 14.9 Å². The summed E-state index contributed by atoms with van der Waals surface area (Å²) < 4.78 is 5.60. The molecule has 5 nitrogen and oxygen atoms in total. The fraction of sp³-hybridized carbons (Fsp3) is 0.308. The molecule has 0 bridgehead atoms. The lowest BCUT2D eigenvalue weighted by atomic mass is 10.1. The summed E-state index contributed by atoms with van der Waals surface area (Å²) in [5, 5.41) is 10.9. The Morgan fingerprint density at radius 3 is 2.89 bits per heavy atom. The van der Waals surface area contributed by atoms with Crippen LogP contribution in [-0.2, 0) is 0 Å². The predicted octanol–water partition coefficient (Wildman–Crippen LogP) is 2.89. The highest BCUT2D eigenvalue weighted by Crippen LogP contribution is 2.30. The van der Waals surface area contributed by atoms with Crippen LogP contribution in [0.5, 0.6) is 5.75 Å². The molecule has 0 radical (unpaired) electrons. The molecule has 0 saturated carbocycles. The van der Waals surface area contributed by atoms with Gasteiger partial charge in [-0.3, -0.25) is 14.9 Å². The zero-order valence-electron chi connectivity index (χ0n) is 9.74. The molecule has 2 rings (SSSR count). The maximum absolute atomic E-state index is 10.9. The molecule has 0 heterocycles. The molecule has 1 aliphatic carbocycles. The molecule has 1 aromatic rings. The zero-order chi connectivity index (χ0) is 13.0. The zero-order valence-corrected chi connectivity index (χ0v) is 9.74. The Labute approximate surface area is 104 Å². The van der Waals surface area contributed by atoms with Crippen molar-refractivity contribution in [3.8, 4) is 5.75 Å². The van der Waals surface area contributed by atoms with Crippen LogP contribution in [0, 0.1) is 10.1 Å². The molecule has 1 unspecified atom stereocenters. The van der Waals surface area contributed by atoms with Gasteiger partial charge in [-0.25, -0.2) is 0 Å². The molecule has 1 atom stereocenters. The van der Waals surface area contributed by atoms with E-state index in [2.05, 4.69) is 0 Å². The first-order chi connectivity index (χ1) is 8.70. The summed E-state index contributed by atoms with van der Waals surface area (Å²) in [4.78, 5) is 21.0. The minimum absolute atomic E-state index is 0.125. The quantitative estimate of drug-likeness (QED) is 0.355. The molecule has 0 N–H and O–H groups in total. The third-order valence-electron chi connectivity index (χ3n) is 2.80. The van der Waals surface area contributed by atoms with Gasteiger partial charge in [-0.15, -0.1) is 0 Å². The summed E-state index contributed by atoms with van der Waals surface area (Å²) in [6.45, 7) is 0. The van der Waals surface area contributed by atoms with Gasteiger partial charge in [0.1, 0.15) is 12.4 Å². The molecule has 0 saturated heterocycles. The SMILES string of the molecule is O=Cc1ccc(OC2C=CCCC2)c([N+](=O)[O-])c1. The van der Waals surface area contributed by atoms with Gasteiger partial charge in [0, 0.05) is 11.6 Å². The topological polar surface area (TPSA) is 69.4 Å². The average Bonchev–Trinajstić information content (AvgIpc) is 2.40. The highest BCUT2D eigenvalue weighted by atomic mass is 16.6. The molecule has 1 aliphatic rings. The van der Waals surface area contributed by atoms with Crippen LogP contribution in [0.25, 0.3) is 0 Å². The lowest BCUT2D eigenvalue weighted by molar-refractivity contribution is -0.386. The Morgan fingerprint density at radius 2 is 2.28 bits per heavy atom. The lowest BCUT2D eigenvalue weighted by Crippen LogP contribution is -2.16. The van der Waals surface area contributed by atoms with Crippen molar-refractivity contribution in [3.05, 3.63) is 46.0 Å². The number of aldehydes is 1. The number of carbonyl (C=O) groups is 1. The van der Waals surface area contributed by atoms with Crippen LogP contribution in [0.3, 0.4) is 0 Å². The van der Waals surface area contributed by atoms with Crippen LogP contribution in [0.4, 0.5) is 5.69 Å². The Balaban J connectivity index is 2.25. The summed E-state index contributed by atoms with van der Waals surface area (Å²) in [6.07, 6.45) is 7.27. The van der Waals surface area contributed by atoms with E-state index >= 15 is 0 Å². The van der Waals surface area contributed by atoms with E-state index in [1.165, 1.54) is 18.2 Å². The molecular formula is C13H13NO4. The number of ether oxygens (including phenoxy) is 1. The van der Waals surface area contributed by atoms with Gasteiger partial charge < -0.3 is 4.74 Å². The van der Waals surface area contributed by atoms with Crippen LogP contribution in [0.15, 0.2) is 30.4 Å². The van der Waals surface area contributed by atoms with Gasteiger partial charge in [-0.2, -0.15) is 0 Å². The minimum Gasteiger partial charge on any atom is -0.479 e. The van der Waals surface area contributed by atoms with Crippen LogP contribution in [0.1, 0.15) is 29.6 Å². The molecule has 5 heteroatoms. The van der Waals surface area contributed by atoms with E-state index in [4.69, 9.17) is 4.74 Å². The highest BCUT2D eigenvalue weighted by Gasteiger charge is 2.19. The number of nitro benzene ring substituents is 1. The summed E-state index contributed by atoms with van der Waals surface area (Å²) in [6, 6.07) is 4.22. The Hall–Kier alpha value is -2.17. The highest BCUT2D eigenvalue weighted by molar-refractivity contribution is 5.77. The van der Waals surface area contributed by atoms with E-state index in [0.717, 1.165) is 19.3 Å². The van der Waals surface area contributed by atoms with Crippen molar-refractivity contribution in [1.82, 2.24) is 0 Å². The third-order valence-corrected chi connectivity index (χ3v) is 2.80. The molecule has 0 amide bonds. The first kappa shape index (κ1) is 12.3. The molecule has 0 aliphatic heterocycles. The second-order valence-electron chi connectivity index (χ2n) is 4.12. The van der Waals surface area contributed by atoms with E-state index in [1.807, 2.05) is 12.2 Å². The fourth-order valence-electron chi connectivity index (χ4n) is 1.89. The number of nitrogens with zero attached hydrogens (tertiary/aromatic N) is 1.